The van der Waals surface area contributed by atoms with Crippen LogP contribution in [0.2, 0.25) is 0 Å². The molecule has 2 N–H and O–H groups in total. The third-order valence-electron chi connectivity index (χ3n) is 2.86. The fraction of sp³-hybridized carbons (Fsp3) is 0.125. The second-order valence-electron chi connectivity index (χ2n) is 4.18. The molecule has 0 bridgehead atoms. The van der Waals surface area contributed by atoms with Gasteiger partial charge in [-0.05, 0) is 31.5 Å². The first kappa shape index (κ1) is 15.1. The minimum atomic E-state index is 0.157. The third kappa shape index (κ3) is 3.44. The molecular formula is C16H17N3OS. The molecule has 0 unspecified atom stereocenters. The molecule has 1 aromatic carbocycles. The van der Waals surface area contributed by atoms with Crippen LogP contribution in [0.15, 0.2) is 53.8 Å². The molecule has 1 aromatic heterocycles. The van der Waals surface area contributed by atoms with Crippen molar-refractivity contribution in [2.45, 2.75) is 6.92 Å². The van der Waals surface area contributed by atoms with Crippen molar-refractivity contribution in [3.63, 3.8) is 0 Å². The van der Waals surface area contributed by atoms with Crippen LogP contribution in [0.4, 0.5) is 5.82 Å². The maximum absolute atomic E-state index is 10.1. The minimum Gasteiger partial charge on any atom is -0.507 e. The number of benzene rings is 1. The maximum atomic E-state index is 10.1. The first-order valence-corrected chi connectivity index (χ1v) is 7.67. The zero-order chi connectivity index (χ0) is 15.2. The molecule has 0 aliphatic rings. The number of allylic oxidation sites excluding steroid dienone is 1. The summed E-state index contributed by atoms with van der Waals surface area (Å²) in [6.45, 7) is 5.54. The van der Waals surface area contributed by atoms with Gasteiger partial charge in [0.1, 0.15) is 11.6 Å². The van der Waals surface area contributed by atoms with Gasteiger partial charge in [0.2, 0.25) is 0 Å². The lowest BCUT2D eigenvalue weighted by molar-refractivity contribution is 0.435. The van der Waals surface area contributed by atoms with E-state index in [-0.39, 0.29) is 5.76 Å². The van der Waals surface area contributed by atoms with Crippen molar-refractivity contribution < 1.29 is 5.11 Å². The summed E-state index contributed by atoms with van der Waals surface area (Å²) in [5, 5.41) is 14.0. The number of aliphatic hydroxyl groups is 1. The summed E-state index contributed by atoms with van der Waals surface area (Å²) >= 11 is 1.47. The van der Waals surface area contributed by atoms with Crippen molar-refractivity contribution in [3.05, 3.63) is 59.6 Å². The van der Waals surface area contributed by atoms with Gasteiger partial charge >= 0.3 is 0 Å². The lowest BCUT2D eigenvalue weighted by Gasteiger charge is -2.07. The van der Waals surface area contributed by atoms with Gasteiger partial charge in [-0.25, -0.2) is 9.97 Å². The molecule has 2 aromatic rings. The fourth-order valence-electron chi connectivity index (χ4n) is 1.93. The molecule has 0 saturated carbocycles. The first-order valence-electron chi connectivity index (χ1n) is 6.45. The van der Waals surface area contributed by atoms with E-state index in [1.807, 2.05) is 43.5 Å². The molecule has 0 amide bonds. The van der Waals surface area contributed by atoms with Gasteiger partial charge < -0.3 is 10.4 Å². The molecule has 0 radical (unpaired) electrons. The number of hydrogen-bond donors (Lipinski definition) is 2. The number of thioether (sulfide) groups is 1. The Morgan fingerprint density at radius 3 is 2.76 bits per heavy atom. The molecule has 0 spiro atoms. The van der Waals surface area contributed by atoms with E-state index in [9.17, 15) is 5.11 Å². The number of fused-ring (bicyclic) bond motifs is 1. The summed E-state index contributed by atoms with van der Waals surface area (Å²) in [6, 6.07) is 7.69. The van der Waals surface area contributed by atoms with Gasteiger partial charge in [-0.15, -0.1) is 11.8 Å². The summed E-state index contributed by atoms with van der Waals surface area (Å²) in [7, 11) is 0. The summed E-state index contributed by atoms with van der Waals surface area (Å²) in [4.78, 5) is 9.65. The van der Waals surface area contributed by atoms with E-state index in [1.165, 1.54) is 11.8 Å². The maximum Gasteiger partial charge on any atom is 0.158 e. The molecular weight excluding hydrogens is 282 g/mol. The Morgan fingerprint density at radius 1 is 1.33 bits per heavy atom. The standard InChI is InChI=1S/C16H17N3OS/c1-4-14(21-3)13(20)10-15-18-12-9-7-6-8-11(12)16(19-15)17-5-2/h4-10,20H,2H2,1,3H3,(H,17,18,19)/b13-10-,14-4-. The third-order valence-corrected chi connectivity index (χ3v) is 3.74. The van der Waals surface area contributed by atoms with Crippen LogP contribution in [-0.2, 0) is 0 Å². The van der Waals surface area contributed by atoms with E-state index in [1.54, 1.807) is 12.3 Å². The fourth-order valence-corrected chi connectivity index (χ4v) is 2.43. The van der Waals surface area contributed by atoms with Gasteiger partial charge in [-0.1, -0.05) is 24.8 Å². The lowest BCUT2D eigenvalue weighted by Crippen LogP contribution is -1.98. The van der Waals surface area contributed by atoms with E-state index in [2.05, 4.69) is 21.9 Å². The highest BCUT2D eigenvalue weighted by Gasteiger charge is 2.07. The second-order valence-corrected chi connectivity index (χ2v) is 5.03. The molecule has 5 heteroatoms. The van der Waals surface area contributed by atoms with Gasteiger partial charge in [-0.2, -0.15) is 0 Å². The number of anilines is 1. The topological polar surface area (TPSA) is 58.0 Å². The SMILES string of the molecule is C=CNc1nc(/C=C(O)/C(=C/C)SC)nc2ccccc12. The highest BCUT2D eigenvalue weighted by atomic mass is 32.2. The Bertz CT molecular complexity index is 723. The largest absolute Gasteiger partial charge is 0.507 e. The van der Waals surface area contributed by atoms with Crippen molar-refractivity contribution in [3.8, 4) is 0 Å². The minimum absolute atomic E-state index is 0.157. The van der Waals surface area contributed by atoms with Crippen molar-refractivity contribution in [1.82, 2.24) is 9.97 Å². The van der Waals surface area contributed by atoms with Crippen LogP contribution in [0.3, 0.4) is 0 Å². The van der Waals surface area contributed by atoms with Crippen LogP contribution >= 0.6 is 11.8 Å². The van der Waals surface area contributed by atoms with Crippen LogP contribution < -0.4 is 5.32 Å². The zero-order valence-electron chi connectivity index (χ0n) is 12.0. The van der Waals surface area contributed by atoms with E-state index in [0.717, 1.165) is 15.8 Å². The van der Waals surface area contributed by atoms with Gasteiger partial charge in [0, 0.05) is 16.4 Å². The first-order chi connectivity index (χ1) is 10.2. The average Bonchev–Trinajstić information content (AvgIpc) is 2.49. The number of rotatable bonds is 5. The molecule has 1 heterocycles. The molecule has 0 saturated heterocycles. The Kier molecular flexibility index (Phi) is 5.00. The van der Waals surface area contributed by atoms with Gasteiger partial charge in [-0.3, -0.25) is 0 Å². The van der Waals surface area contributed by atoms with Crippen LogP contribution in [0.25, 0.3) is 17.0 Å². The Balaban J connectivity index is 2.55. The number of hydrogen-bond acceptors (Lipinski definition) is 5. The van der Waals surface area contributed by atoms with Crippen molar-refractivity contribution in [1.29, 1.82) is 0 Å². The molecule has 2 rings (SSSR count). The summed E-state index contributed by atoms with van der Waals surface area (Å²) in [5.74, 6) is 1.27. The number of nitrogens with zero attached hydrogens (tertiary/aromatic N) is 2. The number of aromatic nitrogens is 2. The van der Waals surface area contributed by atoms with Crippen LogP contribution in [0, 0.1) is 0 Å². The molecule has 108 valence electrons. The molecule has 4 nitrogen and oxygen atoms in total. The monoisotopic (exact) mass is 299 g/mol. The van der Waals surface area contributed by atoms with Gasteiger partial charge in [0.25, 0.3) is 0 Å². The molecule has 21 heavy (non-hydrogen) atoms. The molecule has 0 atom stereocenters. The normalized spacial score (nSPS) is 12.5. The average molecular weight is 299 g/mol. The smallest absolute Gasteiger partial charge is 0.158 e. The zero-order valence-corrected chi connectivity index (χ0v) is 12.8. The lowest BCUT2D eigenvalue weighted by atomic mass is 10.2. The Hall–Kier alpha value is -2.27. The number of nitrogens with one attached hydrogen (secondary N) is 1. The highest BCUT2D eigenvalue weighted by Crippen LogP contribution is 2.23. The predicted octanol–water partition coefficient (Wildman–Crippen LogP) is 4.35. The van der Waals surface area contributed by atoms with Crippen molar-refractivity contribution >= 4 is 34.6 Å². The van der Waals surface area contributed by atoms with Crippen molar-refractivity contribution in [2.24, 2.45) is 0 Å². The van der Waals surface area contributed by atoms with E-state index >= 15 is 0 Å². The van der Waals surface area contributed by atoms with Crippen LogP contribution in [0.1, 0.15) is 12.7 Å². The summed E-state index contributed by atoms with van der Waals surface area (Å²) in [6.07, 6.45) is 6.89. The summed E-state index contributed by atoms with van der Waals surface area (Å²) in [5.41, 5.74) is 0.807. The second kappa shape index (κ2) is 6.95. The van der Waals surface area contributed by atoms with Gasteiger partial charge in [0.05, 0.1) is 5.52 Å². The van der Waals surface area contributed by atoms with Crippen LogP contribution in [0.5, 0.6) is 0 Å². The quantitative estimate of drug-likeness (QED) is 0.635. The number of para-hydroxylation sites is 1. The van der Waals surface area contributed by atoms with E-state index in [4.69, 9.17) is 0 Å². The van der Waals surface area contributed by atoms with Gasteiger partial charge in [0.15, 0.2) is 5.82 Å². The van der Waals surface area contributed by atoms with Crippen molar-refractivity contribution in [2.75, 3.05) is 11.6 Å². The van der Waals surface area contributed by atoms with Crippen LogP contribution in [-0.4, -0.2) is 21.3 Å². The molecule has 0 fully saturated rings. The summed E-state index contributed by atoms with van der Waals surface area (Å²) < 4.78 is 0. The van der Waals surface area contributed by atoms with E-state index in [0.29, 0.717) is 11.6 Å². The Labute approximate surface area is 128 Å². The number of aliphatic hydroxyl groups excluding tert-OH is 1. The Morgan fingerprint density at radius 2 is 2.10 bits per heavy atom. The molecule has 0 aliphatic carbocycles. The van der Waals surface area contributed by atoms with E-state index < -0.39 is 0 Å². The molecule has 0 aliphatic heterocycles. The highest BCUT2D eigenvalue weighted by molar-refractivity contribution is 8.02. The predicted molar refractivity (Wildman–Crippen MR) is 91.2 cm³/mol.